The van der Waals surface area contributed by atoms with Crippen LogP contribution < -0.4 is 21.3 Å². The van der Waals surface area contributed by atoms with Crippen molar-refractivity contribution in [2.45, 2.75) is 65.7 Å². The summed E-state index contributed by atoms with van der Waals surface area (Å²) in [6.45, 7) is 12.8. The normalized spacial score (nSPS) is 11.5. The van der Waals surface area contributed by atoms with Crippen molar-refractivity contribution in [3.63, 3.8) is 0 Å². The summed E-state index contributed by atoms with van der Waals surface area (Å²) in [5.74, 6) is 0. The van der Waals surface area contributed by atoms with E-state index in [4.69, 9.17) is 0 Å². The molecule has 0 saturated heterocycles. The first-order chi connectivity index (χ1) is 16.9. The maximum atomic E-state index is 12.6. The molecule has 0 atom stereocenters. The summed E-state index contributed by atoms with van der Waals surface area (Å²) in [6.07, 6.45) is 0. The van der Waals surface area contributed by atoms with Crippen molar-refractivity contribution in [1.29, 1.82) is 0 Å². The number of carbonyl (C=O) groups excluding carboxylic acids is 2. The van der Waals surface area contributed by atoms with Gasteiger partial charge >= 0.3 is 12.1 Å². The van der Waals surface area contributed by atoms with Crippen LogP contribution in [-0.4, -0.2) is 12.1 Å². The molecule has 6 nitrogen and oxygen atoms in total. The number of rotatable bonds is 8. The molecule has 3 aromatic carbocycles. The molecule has 4 amide bonds. The third-order valence-electron chi connectivity index (χ3n) is 6.23. The van der Waals surface area contributed by atoms with Crippen LogP contribution in [0.5, 0.6) is 0 Å². The largest absolute Gasteiger partial charge is 0.334 e. The molecule has 3 rings (SSSR count). The molecule has 0 aromatic heterocycles. The van der Waals surface area contributed by atoms with Crippen molar-refractivity contribution < 1.29 is 9.59 Å². The van der Waals surface area contributed by atoms with Crippen LogP contribution in [0.3, 0.4) is 0 Å². The Morgan fingerprint density at radius 1 is 0.611 bits per heavy atom. The van der Waals surface area contributed by atoms with Gasteiger partial charge in [0, 0.05) is 13.1 Å². The van der Waals surface area contributed by atoms with E-state index in [-0.39, 0.29) is 12.1 Å². The summed E-state index contributed by atoms with van der Waals surface area (Å²) in [5, 5.41) is 12.0. The average Bonchev–Trinajstić information content (AvgIpc) is 2.81. The van der Waals surface area contributed by atoms with E-state index in [1.54, 1.807) is 0 Å². The van der Waals surface area contributed by atoms with Gasteiger partial charge in [0.2, 0.25) is 0 Å². The number of hydrogen-bond acceptors (Lipinski definition) is 2. The molecule has 0 heterocycles. The molecule has 0 aliphatic heterocycles. The highest BCUT2D eigenvalue weighted by atomic mass is 16.2. The van der Waals surface area contributed by atoms with Crippen LogP contribution in [0.1, 0.15) is 61.1 Å². The number of benzene rings is 3. The highest BCUT2D eigenvalue weighted by molar-refractivity contribution is 5.75. The summed E-state index contributed by atoms with van der Waals surface area (Å²) < 4.78 is 0. The molecule has 0 saturated carbocycles. The molecule has 3 aromatic rings. The number of hydrogen-bond donors (Lipinski definition) is 4. The van der Waals surface area contributed by atoms with Gasteiger partial charge < -0.3 is 21.3 Å². The lowest BCUT2D eigenvalue weighted by Crippen LogP contribution is -2.47. The number of amides is 4. The quantitative estimate of drug-likeness (QED) is 0.326. The van der Waals surface area contributed by atoms with Gasteiger partial charge in [0.05, 0.1) is 11.1 Å². The molecular weight excluding hydrogens is 448 g/mol. The second-order valence-electron chi connectivity index (χ2n) is 10.4. The second kappa shape index (κ2) is 11.3. The zero-order valence-corrected chi connectivity index (χ0v) is 22.2. The van der Waals surface area contributed by atoms with Crippen LogP contribution >= 0.6 is 0 Å². The molecule has 0 fully saturated rings. The van der Waals surface area contributed by atoms with Gasteiger partial charge in [-0.15, -0.1) is 0 Å². The maximum Gasteiger partial charge on any atom is 0.315 e. The standard InChI is InChI=1S/C30H38N4O2/c1-21-10-7-12-23(16-21)19-31-27(35)33-29(3,4)25-14-9-15-26(18-25)30(5,6)34-28(36)32-20-24-13-8-11-22(2)17-24/h7-18H,19-20H2,1-6H3,(H2,31,33,35)(H2,32,34,36). The third-order valence-corrected chi connectivity index (χ3v) is 6.23. The van der Waals surface area contributed by atoms with E-state index in [9.17, 15) is 9.59 Å². The molecule has 0 unspecified atom stereocenters. The number of carbonyl (C=O) groups is 2. The van der Waals surface area contributed by atoms with E-state index in [1.807, 2.05) is 102 Å². The van der Waals surface area contributed by atoms with Gasteiger partial charge in [-0.1, -0.05) is 83.9 Å². The lowest BCUT2D eigenvalue weighted by molar-refractivity contribution is 0.229. The molecule has 0 spiro atoms. The minimum absolute atomic E-state index is 0.236. The minimum Gasteiger partial charge on any atom is -0.334 e. The van der Waals surface area contributed by atoms with E-state index >= 15 is 0 Å². The zero-order valence-electron chi connectivity index (χ0n) is 22.2. The fourth-order valence-corrected chi connectivity index (χ4v) is 4.11. The monoisotopic (exact) mass is 486 g/mol. The van der Waals surface area contributed by atoms with E-state index in [0.29, 0.717) is 13.1 Å². The van der Waals surface area contributed by atoms with E-state index in [0.717, 1.165) is 33.4 Å². The predicted molar refractivity (Wildman–Crippen MR) is 146 cm³/mol. The van der Waals surface area contributed by atoms with Crippen molar-refractivity contribution >= 4 is 12.1 Å². The molecule has 0 radical (unpaired) electrons. The van der Waals surface area contributed by atoms with E-state index in [1.165, 1.54) is 0 Å². The van der Waals surface area contributed by atoms with Gasteiger partial charge in [0.25, 0.3) is 0 Å². The fraction of sp³-hybridized carbons (Fsp3) is 0.333. The van der Waals surface area contributed by atoms with Crippen molar-refractivity contribution in [2.24, 2.45) is 0 Å². The molecule has 36 heavy (non-hydrogen) atoms. The summed E-state index contributed by atoms with van der Waals surface area (Å²) >= 11 is 0. The summed E-state index contributed by atoms with van der Waals surface area (Å²) in [5.41, 5.74) is 5.09. The van der Waals surface area contributed by atoms with Crippen LogP contribution in [-0.2, 0) is 24.2 Å². The van der Waals surface area contributed by atoms with Crippen LogP contribution in [0, 0.1) is 13.8 Å². The molecule has 190 valence electrons. The summed E-state index contributed by atoms with van der Waals surface area (Å²) in [6, 6.07) is 23.6. The Morgan fingerprint density at radius 2 is 1.00 bits per heavy atom. The van der Waals surface area contributed by atoms with Crippen LogP contribution in [0.15, 0.2) is 72.8 Å². The number of aryl methyl sites for hydroxylation is 2. The molecular formula is C30H38N4O2. The van der Waals surface area contributed by atoms with Crippen molar-refractivity contribution in [2.75, 3.05) is 0 Å². The highest BCUT2D eigenvalue weighted by Crippen LogP contribution is 2.26. The lowest BCUT2D eigenvalue weighted by atomic mass is 9.87. The Morgan fingerprint density at radius 3 is 1.39 bits per heavy atom. The Bertz CT molecular complexity index is 1130. The highest BCUT2D eigenvalue weighted by Gasteiger charge is 2.27. The van der Waals surface area contributed by atoms with E-state index < -0.39 is 11.1 Å². The van der Waals surface area contributed by atoms with Gasteiger partial charge in [0.1, 0.15) is 0 Å². The maximum absolute atomic E-state index is 12.6. The van der Waals surface area contributed by atoms with Crippen molar-refractivity contribution in [3.05, 3.63) is 106 Å². The Kier molecular flexibility index (Phi) is 8.41. The van der Waals surface area contributed by atoms with Gasteiger partial charge in [-0.2, -0.15) is 0 Å². The Labute approximate surface area is 214 Å². The molecule has 4 N–H and O–H groups in total. The van der Waals surface area contributed by atoms with Crippen molar-refractivity contribution in [1.82, 2.24) is 21.3 Å². The third kappa shape index (κ3) is 7.60. The zero-order chi connectivity index (χ0) is 26.3. The topological polar surface area (TPSA) is 82.3 Å². The SMILES string of the molecule is Cc1cccc(CNC(=O)NC(C)(C)c2cccc(C(C)(C)NC(=O)NCc3cccc(C)c3)c2)c1. The van der Waals surface area contributed by atoms with Crippen LogP contribution in [0.2, 0.25) is 0 Å². The predicted octanol–water partition coefficient (Wildman–Crippen LogP) is 5.77. The van der Waals surface area contributed by atoms with Gasteiger partial charge in [0.15, 0.2) is 0 Å². The second-order valence-corrected chi connectivity index (χ2v) is 10.4. The van der Waals surface area contributed by atoms with Crippen LogP contribution in [0.25, 0.3) is 0 Å². The smallest absolute Gasteiger partial charge is 0.315 e. The van der Waals surface area contributed by atoms with Gasteiger partial charge in [-0.3, -0.25) is 0 Å². The first-order valence-corrected chi connectivity index (χ1v) is 12.3. The lowest BCUT2D eigenvalue weighted by Gasteiger charge is -2.31. The minimum atomic E-state index is -0.615. The molecule has 6 heteroatoms. The summed E-state index contributed by atoms with van der Waals surface area (Å²) in [4.78, 5) is 25.3. The first kappa shape index (κ1) is 26.8. The van der Waals surface area contributed by atoms with Crippen LogP contribution in [0.4, 0.5) is 9.59 Å². The molecule has 0 aliphatic carbocycles. The van der Waals surface area contributed by atoms with E-state index in [2.05, 4.69) is 33.4 Å². The van der Waals surface area contributed by atoms with Crippen molar-refractivity contribution in [3.8, 4) is 0 Å². The average molecular weight is 487 g/mol. The Hall–Kier alpha value is -3.80. The van der Waals surface area contributed by atoms with Gasteiger partial charge in [-0.05, 0) is 63.8 Å². The Balaban J connectivity index is 1.61. The molecule has 0 bridgehead atoms. The summed E-state index contributed by atoms with van der Waals surface area (Å²) in [7, 11) is 0. The number of urea groups is 2. The number of nitrogens with one attached hydrogen (secondary N) is 4. The fourth-order valence-electron chi connectivity index (χ4n) is 4.11. The first-order valence-electron chi connectivity index (χ1n) is 12.3. The van der Waals surface area contributed by atoms with Gasteiger partial charge in [-0.25, -0.2) is 9.59 Å². The molecule has 0 aliphatic rings.